The number of hydrogen-bond donors (Lipinski definition) is 2. The van der Waals surface area contributed by atoms with Gasteiger partial charge in [0.1, 0.15) is 6.54 Å². The molecule has 0 atom stereocenters. The molecule has 3 amide bonds. The highest BCUT2D eigenvalue weighted by Crippen LogP contribution is 2.20. The molecule has 2 rings (SSSR count). The Bertz CT molecular complexity index is 501. The van der Waals surface area contributed by atoms with Crippen LogP contribution >= 0.6 is 0 Å². The zero-order valence-electron chi connectivity index (χ0n) is 12.2. The van der Waals surface area contributed by atoms with E-state index in [1.54, 1.807) is 4.90 Å². The van der Waals surface area contributed by atoms with Crippen LogP contribution in [-0.2, 0) is 4.79 Å². The van der Waals surface area contributed by atoms with Gasteiger partial charge in [-0.25, -0.2) is 4.79 Å². The second-order valence-corrected chi connectivity index (χ2v) is 5.12. The number of amides is 3. The summed E-state index contributed by atoms with van der Waals surface area (Å²) in [6.07, 6.45) is 0.523. The van der Waals surface area contributed by atoms with Crippen LogP contribution in [0.15, 0.2) is 24.3 Å². The van der Waals surface area contributed by atoms with Crippen molar-refractivity contribution in [2.45, 2.75) is 13.3 Å². The lowest BCUT2D eigenvalue weighted by molar-refractivity contribution is -0.121. The molecule has 2 N–H and O–H groups in total. The zero-order chi connectivity index (χ0) is 15.2. The van der Waals surface area contributed by atoms with Gasteiger partial charge in [-0.3, -0.25) is 9.69 Å². The third-order valence-electron chi connectivity index (χ3n) is 3.43. The van der Waals surface area contributed by atoms with Crippen molar-refractivity contribution in [2.24, 2.45) is 0 Å². The Balaban J connectivity index is 1.89. The minimum absolute atomic E-state index is 0.0458. The van der Waals surface area contributed by atoms with Crippen molar-refractivity contribution in [3.8, 4) is 0 Å². The number of benzene rings is 1. The van der Waals surface area contributed by atoms with Crippen molar-refractivity contribution in [1.82, 2.24) is 10.2 Å². The highest BCUT2D eigenvalue weighted by atomic mass is 16.3. The Labute approximate surface area is 124 Å². The first kappa shape index (κ1) is 15.3. The van der Waals surface area contributed by atoms with E-state index in [-0.39, 0.29) is 25.1 Å². The second-order valence-electron chi connectivity index (χ2n) is 5.12. The smallest absolute Gasteiger partial charge is 0.325 e. The van der Waals surface area contributed by atoms with Gasteiger partial charge in [-0.1, -0.05) is 17.7 Å². The number of anilines is 1. The average molecular weight is 291 g/mol. The number of hydrogen-bond acceptors (Lipinski definition) is 3. The van der Waals surface area contributed by atoms with Gasteiger partial charge < -0.3 is 15.3 Å². The predicted molar refractivity (Wildman–Crippen MR) is 80.2 cm³/mol. The number of nitrogens with zero attached hydrogens (tertiary/aromatic N) is 2. The molecule has 1 heterocycles. The van der Waals surface area contributed by atoms with E-state index in [9.17, 15) is 9.59 Å². The molecule has 1 aliphatic heterocycles. The third-order valence-corrected chi connectivity index (χ3v) is 3.43. The van der Waals surface area contributed by atoms with Gasteiger partial charge in [0.25, 0.3) is 0 Å². The number of urea groups is 1. The number of aryl methyl sites for hydroxylation is 1. The average Bonchev–Trinajstić information content (AvgIpc) is 2.82. The summed E-state index contributed by atoms with van der Waals surface area (Å²) in [6, 6.07) is 7.62. The number of nitrogens with one attached hydrogen (secondary N) is 1. The zero-order valence-corrected chi connectivity index (χ0v) is 12.2. The Morgan fingerprint density at radius 2 is 2.00 bits per heavy atom. The molecule has 0 radical (unpaired) electrons. The molecule has 1 aromatic carbocycles. The topological polar surface area (TPSA) is 72.9 Å². The van der Waals surface area contributed by atoms with Gasteiger partial charge in [-0.2, -0.15) is 0 Å². The summed E-state index contributed by atoms with van der Waals surface area (Å²) in [7, 11) is 0. The number of carbonyl (C=O) groups excluding carboxylic acids is 2. The standard InChI is InChI=1S/C15H21N3O3/c1-12-3-5-13(6-4-12)18-9-8-17(15(18)21)11-14(20)16-7-2-10-19/h3-6,19H,2,7-11H2,1H3,(H,16,20). The third kappa shape index (κ3) is 3.95. The first-order valence-electron chi connectivity index (χ1n) is 7.12. The lowest BCUT2D eigenvalue weighted by Gasteiger charge is -2.18. The van der Waals surface area contributed by atoms with Crippen molar-refractivity contribution in [3.63, 3.8) is 0 Å². The minimum atomic E-state index is -0.192. The summed E-state index contributed by atoms with van der Waals surface area (Å²) in [5.74, 6) is -0.192. The van der Waals surface area contributed by atoms with Gasteiger partial charge in [0.05, 0.1) is 0 Å². The molecule has 0 unspecified atom stereocenters. The van der Waals surface area contributed by atoms with Crippen LogP contribution in [0.25, 0.3) is 0 Å². The van der Waals surface area contributed by atoms with E-state index in [2.05, 4.69) is 5.32 Å². The van der Waals surface area contributed by atoms with Gasteiger partial charge in [0.15, 0.2) is 0 Å². The van der Waals surface area contributed by atoms with E-state index in [1.807, 2.05) is 31.2 Å². The largest absolute Gasteiger partial charge is 0.396 e. The highest BCUT2D eigenvalue weighted by molar-refractivity contribution is 5.96. The quantitative estimate of drug-likeness (QED) is 0.759. The van der Waals surface area contributed by atoms with Gasteiger partial charge in [0, 0.05) is 31.9 Å². The van der Waals surface area contributed by atoms with Crippen molar-refractivity contribution in [2.75, 3.05) is 37.7 Å². The van der Waals surface area contributed by atoms with E-state index in [1.165, 1.54) is 4.90 Å². The lowest BCUT2D eigenvalue weighted by atomic mass is 10.2. The van der Waals surface area contributed by atoms with E-state index >= 15 is 0 Å². The summed E-state index contributed by atoms with van der Waals surface area (Å²) in [5.41, 5.74) is 2.00. The maximum Gasteiger partial charge on any atom is 0.325 e. The van der Waals surface area contributed by atoms with Crippen LogP contribution in [0.2, 0.25) is 0 Å². The molecule has 0 aliphatic carbocycles. The van der Waals surface area contributed by atoms with Crippen LogP contribution in [0.4, 0.5) is 10.5 Å². The van der Waals surface area contributed by atoms with E-state index in [0.29, 0.717) is 26.1 Å². The van der Waals surface area contributed by atoms with Gasteiger partial charge in [-0.15, -0.1) is 0 Å². The lowest BCUT2D eigenvalue weighted by Crippen LogP contribution is -2.40. The van der Waals surface area contributed by atoms with Crippen LogP contribution in [-0.4, -0.2) is 54.7 Å². The molecule has 1 aliphatic rings. The number of carbonyl (C=O) groups is 2. The summed E-state index contributed by atoms with van der Waals surface area (Å²) >= 11 is 0. The first-order chi connectivity index (χ1) is 10.1. The molecule has 114 valence electrons. The first-order valence-corrected chi connectivity index (χ1v) is 7.12. The molecule has 1 saturated heterocycles. The van der Waals surface area contributed by atoms with Crippen molar-refractivity contribution in [1.29, 1.82) is 0 Å². The monoisotopic (exact) mass is 291 g/mol. The summed E-state index contributed by atoms with van der Waals surface area (Å²) < 4.78 is 0. The number of aliphatic hydroxyl groups is 1. The van der Waals surface area contributed by atoms with E-state index in [4.69, 9.17) is 5.11 Å². The Morgan fingerprint density at radius 1 is 1.29 bits per heavy atom. The fourth-order valence-electron chi connectivity index (χ4n) is 2.23. The Morgan fingerprint density at radius 3 is 2.67 bits per heavy atom. The van der Waals surface area contributed by atoms with Crippen molar-refractivity contribution < 1.29 is 14.7 Å². The summed E-state index contributed by atoms with van der Waals surface area (Å²) in [6.45, 7) is 3.67. The molecule has 21 heavy (non-hydrogen) atoms. The molecule has 0 saturated carbocycles. The SMILES string of the molecule is Cc1ccc(N2CCN(CC(=O)NCCCO)C2=O)cc1. The predicted octanol–water partition coefficient (Wildman–Crippen LogP) is 0.736. The molecule has 0 spiro atoms. The molecule has 6 nitrogen and oxygen atoms in total. The van der Waals surface area contributed by atoms with E-state index in [0.717, 1.165) is 11.3 Å². The van der Waals surface area contributed by atoms with Gasteiger partial charge in [0.2, 0.25) is 5.91 Å². The molecule has 1 fully saturated rings. The molecular formula is C15H21N3O3. The molecule has 1 aromatic rings. The second kappa shape index (κ2) is 7.08. The molecule has 6 heteroatoms. The number of aliphatic hydroxyl groups excluding tert-OH is 1. The van der Waals surface area contributed by atoms with Crippen LogP contribution < -0.4 is 10.2 Å². The van der Waals surface area contributed by atoms with E-state index < -0.39 is 0 Å². The van der Waals surface area contributed by atoms with Crippen LogP contribution in [0.3, 0.4) is 0 Å². The highest BCUT2D eigenvalue weighted by Gasteiger charge is 2.30. The normalized spacial score (nSPS) is 14.7. The van der Waals surface area contributed by atoms with Crippen molar-refractivity contribution in [3.05, 3.63) is 29.8 Å². The van der Waals surface area contributed by atoms with Crippen LogP contribution in [0, 0.1) is 6.92 Å². The van der Waals surface area contributed by atoms with Crippen LogP contribution in [0.5, 0.6) is 0 Å². The van der Waals surface area contributed by atoms with Gasteiger partial charge >= 0.3 is 6.03 Å². The molecular weight excluding hydrogens is 270 g/mol. The molecule has 0 bridgehead atoms. The maximum absolute atomic E-state index is 12.3. The maximum atomic E-state index is 12.3. The summed E-state index contributed by atoms with van der Waals surface area (Å²) in [5, 5.41) is 11.3. The summed E-state index contributed by atoms with van der Waals surface area (Å²) in [4.78, 5) is 27.2. The Hall–Kier alpha value is -2.08. The van der Waals surface area contributed by atoms with Crippen molar-refractivity contribution >= 4 is 17.6 Å². The molecule has 0 aromatic heterocycles. The minimum Gasteiger partial charge on any atom is -0.396 e. The fourth-order valence-corrected chi connectivity index (χ4v) is 2.23. The number of rotatable bonds is 6. The van der Waals surface area contributed by atoms with Gasteiger partial charge in [-0.05, 0) is 25.5 Å². The van der Waals surface area contributed by atoms with Crippen LogP contribution in [0.1, 0.15) is 12.0 Å². The Kier molecular flexibility index (Phi) is 5.16. The fraction of sp³-hybridized carbons (Fsp3) is 0.467.